The van der Waals surface area contributed by atoms with Crippen molar-refractivity contribution in [3.05, 3.63) is 52.8 Å². The number of carbonyl (C=O) groups excluding carboxylic acids is 1. The van der Waals surface area contributed by atoms with Crippen LogP contribution in [0.2, 0.25) is 5.02 Å². The molecule has 0 aliphatic rings. The topological polar surface area (TPSA) is 82.2 Å². The third-order valence-electron chi connectivity index (χ3n) is 4.69. The lowest BCUT2D eigenvalue weighted by Gasteiger charge is -2.12. The van der Waals surface area contributed by atoms with Crippen LogP contribution in [0.25, 0.3) is 22.2 Å². The first kappa shape index (κ1) is 27.6. The number of hydrogen-bond acceptors (Lipinski definition) is 4. The normalized spacial score (nSPS) is 11.4. The number of halogens is 4. The second kappa shape index (κ2) is 12.7. The SMILES string of the molecule is CCC.CCOCCn1c(CNCC(N)=O)nc2cc(Cl)c(-c3ccc(C(F)(F)F)cc3)cc21. The standard InChI is InChI=1S/C21H22ClF3N4O2.C3H8/c1-2-31-8-7-29-18-9-15(13-3-5-14(6-4-13)21(23,24)25)16(22)10-17(18)28-20(29)12-27-11-19(26)30;1-3-2/h3-6,9-10,27H,2,7-8,11-12H2,1H3,(H2,26,30);3H2,1-2H3. The molecular formula is C24H30ClF3N4O2. The molecule has 3 N–H and O–H groups in total. The van der Waals surface area contributed by atoms with Crippen molar-refractivity contribution in [2.24, 2.45) is 5.73 Å². The van der Waals surface area contributed by atoms with Crippen LogP contribution in [-0.2, 0) is 28.8 Å². The van der Waals surface area contributed by atoms with E-state index in [4.69, 9.17) is 22.1 Å². The molecule has 0 fully saturated rings. The monoisotopic (exact) mass is 498 g/mol. The second-order valence-corrected chi connectivity index (χ2v) is 7.96. The summed E-state index contributed by atoms with van der Waals surface area (Å²) in [6.07, 6.45) is -3.16. The summed E-state index contributed by atoms with van der Waals surface area (Å²) in [6.45, 7) is 7.96. The van der Waals surface area contributed by atoms with Crippen molar-refractivity contribution in [1.29, 1.82) is 0 Å². The summed E-state index contributed by atoms with van der Waals surface area (Å²) >= 11 is 6.43. The fraction of sp³-hybridized carbons (Fsp3) is 0.417. The van der Waals surface area contributed by atoms with E-state index in [1.54, 1.807) is 12.1 Å². The largest absolute Gasteiger partial charge is 0.416 e. The lowest BCUT2D eigenvalue weighted by Crippen LogP contribution is -2.29. The van der Waals surface area contributed by atoms with E-state index in [1.165, 1.54) is 18.6 Å². The van der Waals surface area contributed by atoms with Gasteiger partial charge in [-0.25, -0.2) is 4.98 Å². The first-order chi connectivity index (χ1) is 16.1. The van der Waals surface area contributed by atoms with Crippen LogP contribution >= 0.6 is 11.6 Å². The van der Waals surface area contributed by atoms with E-state index < -0.39 is 17.6 Å². The molecule has 0 atom stereocenters. The highest BCUT2D eigenvalue weighted by molar-refractivity contribution is 6.34. The molecule has 186 valence electrons. The molecule has 0 spiro atoms. The van der Waals surface area contributed by atoms with Crippen LogP contribution in [0.15, 0.2) is 36.4 Å². The zero-order chi connectivity index (χ0) is 25.3. The van der Waals surface area contributed by atoms with E-state index in [0.29, 0.717) is 53.8 Å². The minimum atomic E-state index is -4.41. The number of aromatic nitrogens is 2. The van der Waals surface area contributed by atoms with Gasteiger partial charge in [0.2, 0.25) is 5.91 Å². The summed E-state index contributed by atoms with van der Waals surface area (Å²) in [4.78, 5) is 15.6. The number of alkyl halides is 3. The number of carbonyl (C=O) groups is 1. The molecule has 1 heterocycles. The quantitative estimate of drug-likeness (QED) is 0.387. The van der Waals surface area contributed by atoms with Crippen LogP contribution in [0.3, 0.4) is 0 Å². The molecule has 2 aromatic carbocycles. The summed E-state index contributed by atoms with van der Waals surface area (Å²) in [5, 5.41) is 3.31. The van der Waals surface area contributed by atoms with Gasteiger partial charge in [-0.15, -0.1) is 0 Å². The Morgan fingerprint density at radius 3 is 2.38 bits per heavy atom. The molecule has 6 nitrogen and oxygen atoms in total. The highest BCUT2D eigenvalue weighted by Crippen LogP contribution is 2.35. The second-order valence-electron chi connectivity index (χ2n) is 7.55. The number of fused-ring (bicyclic) bond motifs is 1. The molecule has 3 aromatic rings. The molecule has 1 aromatic heterocycles. The number of benzene rings is 2. The van der Waals surface area contributed by atoms with Gasteiger partial charge in [-0.1, -0.05) is 44.0 Å². The molecule has 0 unspecified atom stereocenters. The van der Waals surface area contributed by atoms with Crippen LogP contribution in [0, 0.1) is 0 Å². The number of nitrogens with two attached hydrogens (primary N) is 1. The van der Waals surface area contributed by atoms with Crippen molar-refractivity contribution in [3.63, 3.8) is 0 Å². The molecule has 0 saturated carbocycles. The van der Waals surface area contributed by atoms with Crippen LogP contribution < -0.4 is 11.1 Å². The summed E-state index contributed by atoms with van der Waals surface area (Å²) in [5.74, 6) is 0.182. The Morgan fingerprint density at radius 2 is 1.82 bits per heavy atom. The van der Waals surface area contributed by atoms with Crippen LogP contribution in [0.1, 0.15) is 38.6 Å². The zero-order valence-corrected chi connectivity index (χ0v) is 20.3. The van der Waals surface area contributed by atoms with Crippen LogP contribution in [0.4, 0.5) is 13.2 Å². The smallest absolute Gasteiger partial charge is 0.380 e. The molecule has 0 saturated heterocycles. The van der Waals surface area contributed by atoms with E-state index in [9.17, 15) is 18.0 Å². The molecule has 0 radical (unpaired) electrons. The lowest BCUT2D eigenvalue weighted by molar-refractivity contribution is -0.137. The number of imidazole rings is 1. The number of primary amides is 1. The van der Waals surface area contributed by atoms with Crippen molar-refractivity contribution in [1.82, 2.24) is 14.9 Å². The highest BCUT2D eigenvalue weighted by Gasteiger charge is 2.30. The average molecular weight is 499 g/mol. The van der Waals surface area contributed by atoms with Crippen molar-refractivity contribution in [2.75, 3.05) is 19.8 Å². The van der Waals surface area contributed by atoms with Gasteiger partial charge in [-0.3, -0.25) is 4.79 Å². The van der Waals surface area contributed by atoms with Gasteiger partial charge in [-0.2, -0.15) is 13.2 Å². The van der Waals surface area contributed by atoms with Gasteiger partial charge in [0, 0.05) is 18.7 Å². The minimum absolute atomic E-state index is 0.00618. The van der Waals surface area contributed by atoms with Crippen molar-refractivity contribution in [3.8, 4) is 11.1 Å². The van der Waals surface area contributed by atoms with E-state index in [1.807, 2.05) is 11.5 Å². The Bertz CT molecular complexity index is 1080. The van der Waals surface area contributed by atoms with Gasteiger partial charge < -0.3 is 20.4 Å². The summed E-state index contributed by atoms with van der Waals surface area (Å²) in [7, 11) is 0. The zero-order valence-electron chi connectivity index (χ0n) is 19.5. The average Bonchev–Trinajstić information content (AvgIpc) is 3.09. The fourth-order valence-electron chi connectivity index (χ4n) is 3.24. The Kier molecular flexibility index (Phi) is 10.3. The number of amides is 1. The molecule has 1 amide bonds. The Balaban J connectivity index is 0.00000129. The number of nitrogens with zero attached hydrogens (tertiary/aromatic N) is 2. The number of hydrogen-bond donors (Lipinski definition) is 2. The predicted molar refractivity (Wildman–Crippen MR) is 129 cm³/mol. The molecule has 0 aliphatic carbocycles. The molecule has 3 rings (SSSR count). The van der Waals surface area contributed by atoms with Crippen molar-refractivity contribution >= 4 is 28.5 Å². The lowest BCUT2D eigenvalue weighted by atomic mass is 10.0. The number of nitrogens with one attached hydrogen (secondary N) is 1. The van der Waals surface area contributed by atoms with Gasteiger partial charge in [-0.05, 0) is 36.8 Å². The number of ether oxygens (including phenoxy) is 1. The molecule has 0 aliphatic heterocycles. The summed E-state index contributed by atoms with van der Waals surface area (Å²) < 4.78 is 46.0. The third kappa shape index (κ3) is 7.44. The molecule has 0 bridgehead atoms. The van der Waals surface area contributed by atoms with Gasteiger partial charge in [0.05, 0.1) is 41.3 Å². The fourth-order valence-corrected chi connectivity index (χ4v) is 3.50. The highest BCUT2D eigenvalue weighted by atomic mass is 35.5. The van der Waals surface area contributed by atoms with Crippen LogP contribution in [-0.4, -0.2) is 35.2 Å². The first-order valence-corrected chi connectivity index (χ1v) is 11.4. The predicted octanol–water partition coefficient (Wildman–Crippen LogP) is 5.40. The van der Waals surface area contributed by atoms with E-state index >= 15 is 0 Å². The summed E-state index contributed by atoms with van der Waals surface area (Å²) in [5.41, 5.74) is 7.00. The van der Waals surface area contributed by atoms with Gasteiger partial charge in [0.25, 0.3) is 0 Å². The van der Waals surface area contributed by atoms with E-state index in [-0.39, 0.29) is 6.54 Å². The van der Waals surface area contributed by atoms with E-state index in [2.05, 4.69) is 24.1 Å². The maximum Gasteiger partial charge on any atom is 0.416 e. The van der Waals surface area contributed by atoms with Crippen molar-refractivity contribution < 1.29 is 22.7 Å². The molecule has 34 heavy (non-hydrogen) atoms. The Labute approximate surface area is 202 Å². The molecule has 10 heteroatoms. The number of rotatable bonds is 9. The van der Waals surface area contributed by atoms with Gasteiger partial charge in [0.1, 0.15) is 5.82 Å². The Hall–Kier alpha value is -2.62. The summed E-state index contributed by atoms with van der Waals surface area (Å²) in [6, 6.07) is 8.33. The third-order valence-corrected chi connectivity index (χ3v) is 5.00. The van der Waals surface area contributed by atoms with Crippen molar-refractivity contribution in [2.45, 2.75) is 46.5 Å². The maximum absolute atomic E-state index is 12.9. The maximum atomic E-state index is 12.9. The van der Waals surface area contributed by atoms with Gasteiger partial charge >= 0.3 is 6.18 Å². The Morgan fingerprint density at radius 1 is 1.18 bits per heavy atom. The minimum Gasteiger partial charge on any atom is -0.380 e. The van der Waals surface area contributed by atoms with Crippen LogP contribution in [0.5, 0.6) is 0 Å². The van der Waals surface area contributed by atoms with Gasteiger partial charge in [0.15, 0.2) is 0 Å². The molecular weight excluding hydrogens is 469 g/mol. The van der Waals surface area contributed by atoms with E-state index in [0.717, 1.165) is 17.6 Å². The first-order valence-electron chi connectivity index (χ1n) is 11.0.